The molecule has 0 spiro atoms. The van der Waals surface area contributed by atoms with Gasteiger partial charge < -0.3 is 15.2 Å². The van der Waals surface area contributed by atoms with Gasteiger partial charge in [0, 0.05) is 6.54 Å². The van der Waals surface area contributed by atoms with Crippen LogP contribution in [0.2, 0.25) is 0 Å². The summed E-state index contributed by atoms with van der Waals surface area (Å²) in [6.07, 6.45) is -0.359. The minimum absolute atomic E-state index is 0.279. The van der Waals surface area contributed by atoms with Crippen LogP contribution in [-0.2, 0) is 0 Å². The van der Waals surface area contributed by atoms with Crippen molar-refractivity contribution in [2.24, 2.45) is 5.73 Å². The average Bonchev–Trinajstić information content (AvgIpc) is 2.48. The Balaban J connectivity index is 2.26. The van der Waals surface area contributed by atoms with Gasteiger partial charge in [0.1, 0.15) is 23.4 Å². The van der Waals surface area contributed by atoms with Gasteiger partial charge in [0.25, 0.3) is 0 Å². The summed E-state index contributed by atoms with van der Waals surface area (Å²) >= 11 is 6.85. The van der Waals surface area contributed by atoms with E-state index in [1.165, 1.54) is 12.1 Å². The van der Waals surface area contributed by atoms with E-state index < -0.39 is 0 Å². The van der Waals surface area contributed by atoms with Crippen molar-refractivity contribution in [2.45, 2.75) is 6.10 Å². The number of hydrogen-bond acceptors (Lipinski definition) is 3. The molecule has 3 nitrogen and oxygen atoms in total. The standard InChI is InChI=1S/C15H14Br2FNO2/c1-20-13-6-12(17)14(7-11(13)16)21-15(8-19)9-2-4-10(18)5-3-9/h2-7,15H,8,19H2,1H3. The maximum atomic E-state index is 13.0. The summed E-state index contributed by atoms with van der Waals surface area (Å²) in [6, 6.07) is 9.71. The van der Waals surface area contributed by atoms with Crippen LogP contribution in [0.4, 0.5) is 4.39 Å². The summed E-state index contributed by atoms with van der Waals surface area (Å²) in [4.78, 5) is 0. The molecular weight excluding hydrogens is 405 g/mol. The summed E-state index contributed by atoms with van der Waals surface area (Å²) in [5.74, 6) is 1.03. The van der Waals surface area contributed by atoms with Crippen molar-refractivity contribution in [1.82, 2.24) is 0 Å². The predicted molar refractivity (Wildman–Crippen MR) is 87.2 cm³/mol. The molecule has 0 fully saturated rings. The van der Waals surface area contributed by atoms with Gasteiger partial charge in [-0.15, -0.1) is 0 Å². The third-order valence-corrected chi connectivity index (χ3v) is 4.17. The molecule has 6 heteroatoms. The molecule has 1 unspecified atom stereocenters. The molecule has 0 aliphatic heterocycles. The summed E-state index contributed by atoms with van der Waals surface area (Å²) in [7, 11) is 1.59. The van der Waals surface area contributed by atoms with E-state index in [4.69, 9.17) is 15.2 Å². The molecule has 0 aliphatic carbocycles. The number of ether oxygens (including phenoxy) is 2. The molecule has 21 heavy (non-hydrogen) atoms. The molecule has 1 atom stereocenters. The van der Waals surface area contributed by atoms with E-state index in [0.29, 0.717) is 11.5 Å². The zero-order chi connectivity index (χ0) is 15.4. The molecule has 2 rings (SSSR count). The minimum atomic E-state index is -0.359. The number of methoxy groups -OCH3 is 1. The third-order valence-electron chi connectivity index (χ3n) is 2.93. The quantitative estimate of drug-likeness (QED) is 0.780. The molecule has 112 valence electrons. The van der Waals surface area contributed by atoms with Gasteiger partial charge in [0.15, 0.2) is 0 Å². The van der Waals surface area contributed by atoms with Crippen molar-refractivity contribution >= 4 is 31.9 Å². The topological polar surface area (TPSA) is 44.5 Å². The largest absolute Gasteiger partial charge is 0.496 e. The van der Waals surface area contributed by atoms with Gasteiger partial charge in [0.2, 0.25) is 0 Å². The van der Waals surface area contributed by atoms with Crippen LogP contribution in [0, 0.1) is 5.82 Å². The van der Waals surface area contributed by atoms with E-state index in [9.17, 15) is 4.39 Å². The van der Waals surface area contributed by atoms with Crippen LogP contribution in [-0.4, -0.2) is 13.7 Å². The Morgan fingerprint density at radius 2 is 1.67 bits per heavy atom. The van der Waals surface area contributed by atoms with Crippen LogP contribution < -0.4 is 15.2 Å². The van der Waals surface area contributed by atoms with Crippen molar-refractivity contribution in [3.63, 3.8) is 0 Å². The van der Waals surface area contributed by atoms with E-state index >= 15 is 0 Å². The molecule has 0 aromatic heterocycles. The van der Waals surface area contributed by atoms with Crippen LogP contribution in [0.3, 0.4) is 0 Å². The summed E-state index contributed by atoms with van der Waals surface area (Å²) < 4.78 is 25.6. The van der Waals surface area contributed by atoms with Gasteiger partial charge >= 0.3 is 0 Å². The van der Waals surface area contributed by atoms with Crippen LogP contribution in [0.1, 0.15) is 11.7 Å². The Hall–Kier alpha value is -1.11. The fraction of sp³-hybridized carbons (Fsp3) is 0.200. The maximum absolute atomic E-state index is 13.0. The molecule has 0 saturated heterocycles. The highest BCUT2D eigenvalue weighted by atomic mass is 79.9. The van der Waals surface area contributed by atoms with Gasteiger partial charge in [-0.25, -0.2) is 4.39 Å². The molecular formula is C15H14Br2FNO2. The molecule has 2 aromatic carbocycles. The van der Waals surface area contributed by atoms with Gasteiger partial charge in [-0.1, -0.05) is 12.1 Å². The number of hydrogen-bond donors (Lipinski definition) is 1. The van der Waals surface area contributed by atoms with E-state index in [2.05, 4.69) is 31.9 Å². The van der Waals surface area contributed by atoms with Gasteiger partial charge in [0.05, 0.1) is 16.1 Å². The van der Waals surface area contributed by atoms with Crippen LogP contribution in [0.5, 0.6) is 11.5 Å². The van der Waals surface area contributed by atoms with Crippen LogP contribution in [0.15, 0.2) is 45.3 Å². The predicted octanol–water partition coefficient (Wildman–Crippen LogP) is 4.44. The third kappa shape index (κ3) is 3.96. The zero-order valence-electron chi connectivity index (χ0n) is 11.3. The Morgan fingerprint density at radius 1 is 1.10 bits per heavy atom. The molecule has 0 saturated carbocycles. The van der Waals surface area contributed by atoms with E-state index in [1.807, 2.05) is 0 Å². The van der Waals surface area contributed by atoms with E-state index in [0.717, 1.165) is 14.5 Å². The fourth-order valence-electron chi connectivity index (χ4n) is 1.84. The second-order valence-electron chi connectivity index (χ2n) is 4.31. The van der Waals surface area contributed by atoms with Crippen molar-refractivity contribution in [1.29, 1.82) is 0 Å². The van der Waals surface area contributed by atoms with Gasteiger partial charge in [-0.05, 0) is 61.7 Å². The fourth-order valence-corrected chi connectivity index (χ4v) is 2.74. The van der Waals surface area contributed by atoms with Crippen LogP contribution in [0.25, 0.3) is 0 Å². The first-order valence-electron chi connectivity index (χ1n) is 6.20. The van der Waals surface area contributed by atoms with Crippen molar-refractivity contribution in [3.05, 3.63) is 56.7 Å². The average molecular weight is 419 g/mol. The van der Waals surface area contributed by atoms with Gasteiger partial charge in [-0.3, -0.25) is 0 Å². The molecule has 2 aromatic rings. The molecule has 0 heterocycles. The Kier molecular flexibility index (Phi) is 5.61. The first-order chi connectivity index (χ1) is 10.0. The highest BCUT2D eigenvalue weighted by molar-refractivity contribution is 9.11. The summed E-state index contributed by atoms with van der Waals surface area (Å²) in [5.41, 5.74) is 6.58. The first kappa shape index (κ1) is 16.3. The molecule has 2 N–H and O–H groups in total. The SMILES string of the molecule is COc1cc(Br)c(OC(CN)c2ccc(F)cc2)cc1Br. The lowest BCUT2D eigenvalue weighted by Crippen LogP contribution is -2.18. The normalized spacial score (nSPS) is 12.0. The Labute approximate surface area is 139 Å². The molecule has 0 aliphatic rings. The van der Waals surface area contributed by atoms with Crippen molar-refractivity contribution < 1.29 is 13.9 Å². The van der Waals surface area contributed by atoms with Crippen molar-refractivity contribution in [2.75, 3.05) is 13.7 Å². The maximum Gasteiger partial charge on any atom is 0.136 e. The number of nitrogens with two attached hydrogens (primary N) is 1. The second-order valence-corrected chi connectivity index (χ2v) is 6.02. The summed E-state index contributed by atoms with van der Waals surface area (Å²) in [6.45, 7) is 0.279. The number of halogens is 3. The summed E-state index contributed by atoms with van der Waals surface area (Å²) in [5, 5.41) is 0. The second kappa shape index (κ2) is 7.24. The van der Waals surface area contributed by atoms with Crippen LogP contribution >= 0.6 is 31.9 Å². The van der Waals surface area contributed by atoms with E-state index in [-0.39, 0.29) is 18.5 Å². The molecule has 0 amide bonds. The Bertz CT molecular complexity index is 620. The lowest BCUT2D eigenvalue weighted by molar-refractivity contribution is 0.212. The zero-order valence-corrected chi connectivity index (χ0v) is 14.4. The number of rotatable bonds is 5. The van der Waals surface area contributed by atoms with E-state index in [1.54, 1.807) is 31.4 Å². The lowest BCUT2D eigenvalue weighted by Gasteiger charge is -2.19. The molecule has 0 bridgehead atoms. The molecule has 0 radical (unpaired) electrons. The van der Waals surface area contributed by atoms with Crippen molar-refractivity contribution in [3.8, 4) is 11.5 Å². The number of benzene rings is 2. The Morgan fingerprint density at radius 3 is 2.24 bits per heavy atom. The van der Waals surface area contributed by atoms with Gasteiger partial charge in [-0.2, -0.15) is 0 Å². The highest BCUT2D eigenvalue weighted by Crippen LogP contribution is 2.37. The minimum Gasteiger partial charge on any atom is -0.496 e. The monoisotopic (exact) mass is 417 g/mol. The first-order valence-corrected chi connectivity index (χ1v) is 7.79. The lowest BCUT2D eigenvalue weighted by atomic mass is 10.1. The smallest absolute Gasteiger partial charge is 0.136 e. The highest BCUT2D eigenvalue weighted by Gasteiger charge is 2.15.